The second kappa shape index (κ2) is 8.17. The summed E-state index contributed by atoms with van der Waals surface area (Å²) in [4.78, 5) is 14.9. The van der Waals surface area contributed by atoms with Crippen LogP contribution < -0.4 is 4.74 Å². The molecule has 1 saturated heterocycles. The normalized spacial score (nSPS) is 18.2. The van der Waals surface area contributed by atoms with E-state index in [2.05, 4.69) is 6.92 Å². The van der Waals surface area contributed by atoms with Gasteiger partial charge in [-0.05, 0) is 24.5 Å². The van der Waals surface area contributed by atoms with Crippen LogP contribution in [0.4, 0.5) is 0 Å². The highest BCUT2D eigenvalue weighted by atomic mass is 16.5. The first-order chi connectivity index (χ1) is 12.2. The molecule has 2 aromatic rings. The summed E-state index contributed by atoms with van der Waals surface area (Å²) in [6.07, 6.45) is 1.03. The predicted octanol–water partition coefficient (Wildman–Crippen LogP) is 3.21. The summed E-state index contributed by atoms with van der Waals surface area (Å²) in [5, 5.41) is 9.36. The van der Waals surface area contributed by atoms with Crippen LogP contribution in [-0.4, -0.2) is 35.6 Å². The fraction of sp³-hybridized carbons (Fsp3) is 0.381. The summed E-state index contributed by atoms with van der Waals surface area (Å²) < 4.78 is 6.21. The number of ether oxygens (including phenoxy) is 1. The van der Waals surface area contributed by atoms with E-state index >= 15 is 0 Å². The largest absolute Gasteiger partial charge is 0.476 e. The average Bonchev–Trinajstić information content (AvgIpc) is 3.16. The second-order valence-corrected chi connectivity index (χ2v) is 6.49. The van der Waals surface area contributed by atoms with E-state index in [0.29, 0.717) is 13.1 Å². The van der Waals surface area contributed by atoms with E-state index in [1.807, 2.05) is 59.5 Å². The number of aliphatic hydroxyl groups is 1. The van der Waals surface area contributed by atoms with E-state index in [1.54, 1.807) is 0 Å². The molecule has 2 aromatic carbocycles. The standard InChI is InChI=1S/C21H25NO3/c1-2-17-8-6-7-11-19(17)25-20(18-9-4-3-5-10-18)21(24)22-13-12-16(14-22)15-23/h3-11,16,20,23H,2,12-15H2,1H3. The molecule has 1 fully saturated rings. The zero-order valence-electron chi connectivity index (χ0n) is 14.6. The number of carbonyl (C=O) groups excluding carboxylic acids is 1. The molecule has 4 nitrogen and oxygen atoms in total. The van der Waals surface area contributed by atoms with Crippen LogP contribution in [0.3, 0.4) is 0 Å². The van der Waals surface area contributed by atoms with Gasteiger partial charge in [0, 0.05) is 31.2 Å². The zero-order valence-corrected chi connectivity index (χ0v) is 14.6. The summed E-state index contributed by atoms with van der Waals surface area (Å²) in [5.41, 5.74) is 1.94. The van der Waals surface area contributed by atoms with Gasteiger partial charge in [0.15, 0.2) is 0 Å². The van der Waals surface area contributed by atoms with Crippen molar-refractivity contribution in [2.45, 2.75) is 25.9 Å². The summed E-state index contributed by atoms with van der Waals surface area (Å²) in [5.74, 6) is 0.890. The molecular formula is C21H25NO3. The minimum atomic E-state index is -0.661. The number of aliphatic hydroxyl groups excluding tert-OH is 1. The van der Waals surface area contributed by atoms with E-state index in [9.17, 15) is 9.90 Å². The molecular weight excluding hydrogens is 314 g/mol. The third-order valence-electron chi connectivity index (χ3n) is 4.78. The van der Waals surface area contributed by atoms with E-state index in [0.717, 1.165) is 29.7 Å². The van der Waals surface area contributed by atoms with Crippen LogP contribution in [0.2, 0.25) is 0 Å². The third kappa shape index (κ3) is 4.02. The maximum atomic E-state index is 13.1. The predicted molar refractivity (Wildman–Crippen MR) is 97.4 cm³/mol. The molecule has 0 saturated carbocycles. The molecule has 1 amide bonds. The van der Waals surface area contributed by atoms with Crippen molar-refractivity contribution in [1.29, 1.82) is 0 Å². The highest BCUT2D eigenvalue weighted by Gasteiger charge is 2.33. The van der Waals surface area contributed by atoms with Gasteiger partial charge in [-0.2, -0.15) is 0 Å². The molecule has 132 valence electrons. The topological polar surface area (TPSA) is 49.8 Å². The summed E-state index contributed by atoms with van der Waals surface area (Å²) in [6.45, 7) is 3.47. The molecule has 0 bridgehead atoms. The third-order valence-corrected chi connectivity index (χ3v) is 4.78. The summed E-state index contributed by atoms with van der Waals surface area (Å²) in [7, 11) is 0. The number of hydrogen-bond donors (Lipinski definition) is 1. The minimum Gasteiger partial charge on any atom is -0.476 e. The molecule has 3 rings (SSSR count). The molecule has 0 aliphatic carbocycles. The van der Waals surface area contributed by atoms with Crippen LogP contribution in [0.15, 0.2) is 54.6 Å². The van der Waals surface area contributed by atoms with Crippen molar-refractivity contribution in [1.82, 2.24) is 4.90 Å². The van der Waals surface area contributed by atoms with Gasteiger partial charge in [-0.25, -0.2) is 0 Å². The number of aryl methyl sites for hydroxylation is 1. The van der Waals surface area contributed by atoms with Crippen LogP contribution in [0.25, 0.3) is 0 Å². The monoisotopic (exact) mass is 339 g/mol. The lowest BCUT2D eigenvalue weighted by molar-refractivity contribution is -0.138. The highest BCUT2D eigenvalue weighted by Crippen LogP contribution is 2.29. The van der Waals surface area contributed by atoms with E-state index in [4.69, 9.17) is 4.74 Å². The molecule has 2 atom stereocenters. The van der Waals surface area contributed by atoms with Gasteiger partial charge < -0.3 is 14.7 Å². The summed E-state index contributed by atoms with van der Waals surface area (Å²) in [6, 6.07) is 17.5. The van der Waals surface area contributed by atoms with Gasteiger partial charge >= 0.3 is 0 Å². The van der Waals surface area contributed by atoms with Crippen LogP contribution in [0.5, 0.6) is 5.75 Å². The van der Waals surface area contributed by atoms with Crippen molar-refractivity contribution in [2.75, 3.05) is 19.7 Å². The number of para-hydroxylation sites is 1. The Morgan fingerprint density at radius 1 is 1.20 bits per heavy atom. The second-order valence-electron chi connectivity index (χ2n) is 6.49. The number of amides is 1. The van der Waals surface area contributed by atoms with Crippen molar-refractivity contribution in [3.05, 3.63) is 65.7 Å². The van der Waals surface area contributed by atoms with E-state index in [1.165, 1.54) is 0 Å². The van der Waals surface area contributed by atoms with Gasteiger partial charge in [0.05, 0.1) is 0 Å². The van der Waals surface area contributed by atoms with E-state index in [-0.39, 0.29) is 18.4 Å². The lowest BCUT2D eigenvalue weighted by atomic mass is 10.1. The molecule has 4 heteroatoms. The summed E-state index contributed by atoms with van der Waals surface area (Å²) >= 11 is 0. The van der Waals surface area contributed by atoms with Gasteiger partial charge in [0.1, 0.15) is 5.75 Å². The Labute approximate surface area is 149 Å². The van der Waals surface area contributed by atoms with Gasteiger partial charge in [0.25, 0.3) is 5.91 Å². The fourth-order valence-corrected chi connectivity index (χ4v) is 3.27. The Morgan fingerprint density at radius 3 is 2.60 bits per heavy atom. The zero-order chi connectivity index (χ0) is 17.6. The van der Waals surface area contributed by atoms with Gasteiger partial charge in [0.2, 0.25) is 6.10 Å². The Kier molecular flexibility index (Phi) is 5.71. The van der Waals surface area contributed by atoms with Gasteiger partial charge in [-0.1, -0.05) is 55.5 Å². The van der Waals surface area contributed by atoms with Crippen molar-refractivity contribution >= 4 is 5.91 Å². The number of benzene rings is 2. The Balaban J connectivity index is 1.87. The highest BCUT2D eigenvalue weighted by molar-refractivity contribution is 5.83. The van der Waals surface area contributed by atoms with Crippen LogP contribution in [-0.2, 0) is 11.2 Å². The molecule has 1 heterocycles. The number of rotatable bonds is 6. The maximum Gasteiger partial charge on any atom is 0.268 e. The SMILES string of the molecule is CCc1ccccc1OC(C(=O)N1CCC(CO)C1)c1ccccc1. The molecule has 0 aromatic heterocycles. The number of likely N-dealkylation sites (tertiary alicyclic amines) is 1. The number of hydrogen-bond acceptors (Lipinski definition) is 3. The Hall–Kier alpha value is -2.33. The van der Waals surface area contributed by atoms with Gasteiger partial charge in [-0.3, -0.25) is 4.79 Å². The first kappa shape index (κ1) is 17.5. The molecule has 25 heavy (non-hydrogen) atoms. The van der Waals surface area contributed by atoms with Gasteiger partial charge in [-0.15, -0.1) is 0 Å². The quantitative estimate of drug-likeness (QED) is 0.879. The number of carbonyl (C=O) groups is 1. The van der Waals surface area contributed by atoms with Crippen LogP contribution in [0, 0.1) is 5.92 Å². The molecule has 0 spiro atoms. The minimum absolute atomic E-state index is 0.0342. The average molecular weight is 339 g/mol. The first-order valence-electron chi connectivity index (χ1n) is 8.92. The Bertz CT molecular complexity index is 701. The number of nitrogens with zero attached hydrogens (tertiary/aromatic N) is 1. The lowest BCUT2D eigenvalue weighted by Gasteiger charge is -2.25. The molecule has 2 unspecified atom stereocenters. The van der Waals surface area contributed by atoms with E-state index < -0.39 is 6.10 Å². The first-order valence-corrected chi connectivity index (χ1v) is 8.92. The lowest BCUT2D eigenvalue weighted by Crippen LogP contribution is -2.36. The van der Waals surface area contributed by atoms with Crippen molar-refractivity contribution in [2.24, 2.45) is 5.92 Å². The van der Waals surface area contributed by atoms with Crippen molar-refractivity contribution < 1.29 is 14.6 Å². The molecule has 1 aliphatic rings. The van der Waals surface area contributed by atoms with Crippen molar-refractivity contribution in [3.63, 3.8) is 0 Å². The van der Waals surface area contributed by atoms with Crippen LogP contribution >= 0.6 is 0 Å². The Morgan fingerprint density at radius 2 is 1.92 bits per heavy atom. The maximum absolute atomic E-state index is 13.1. The molecule has 1 aliphatic heterocycles. The molecule has 1 N–H and O–H groups in total. The van der Waals surface area contributed by atoms with Crippen LogP contribution in [0.1, 0.15) is 30.6 Å². The smallest absolute Gasteiger partial charge is 0.268 e. The molecule has 0 radical (unpaired) electrons. The van der Waals surface area contributed by atoms with Crippen molar-refractivity contribution in [3.8, 4) is 5.75 Å². The fourth-order valence-electron chi connectivity index (χ4n) is 3.27.